The molecule has 0 saturated heterocycles. The van der Waals surface area contributed by atoms with Gasteiger partial charge in [-0.15, -0.1) is 0 Å². The van der Waals surface area contributed by atoms with Crippen LogP contribution in [0.25, 0.3) is 0 Å². The van der Waals surface area contributed by atoms with Gasteiger partial charge in [-0.25, -0.2) is 8.42 Å². The van der Waals surface area contributed by atoms with Crippen LogP contribution in [0, 0.1) is 0 Å². The molecule has 18 heavy (non-hydrogen) atoms. The summed E-state index contributed by atoms with van der Waals surface area (Å²) in [6.45, 7) is 5.07. The van der Waals surface area contributed by atoms with Crippen LogP contribution in [-0.2, 0) is 9.84 Å². The highest BCUT2D eigenvalue weighted by molar-refractivity contribution is 7.92. The third kappa shape index (κ3) is 3.84. The van der Waals surface area contributed by atoms with E-state index in [0.29, 0.717) is 11.3 Å². The summed E-state index contributed by atoms with van der Waals surface area (Å²) in [6, 6.07) is 6.62. The molecule has 5 heteroatoms. The molecule has 0 heterocycles. The van der Waals surface area contributed by atoms with Crippen molar-refractivity contribution < 1.29 is 17.9 Å². The van der Waals surface area contributed by atoms with Crippen molar-refractivity contribution in [3.63, 3.8) is 0 Å². The first-order valence-electron chi connectivity index (χ1n) is 5.66. The van der Waals surface area contributed by atoms with Crippen LogP contribution in [0.15, 0.2) is 24.3 Å². The second-order valence-electron chi connectivity index (χ2n) is 4.97. The van der Waals surface area contributed by atoms with Crippen molar-refractivity contribution in [1.29, 1.82) is 0 Å². The molecule has 0 amide bonds. The topological polar surface area (TPSA) is 60.4 Å². The Kier molecular flexibility index (Phi) is 4.51. The largest absolute Gasteiger partial charge is 0.493 e. The van der Waals surface area contributed by atoms with Crippen molar-refractivity contribution >= 4 is 16.1 Å². The first-order valence-corrected chi connectivity index (χ1v) is 7.32. The SMILES string of the molecule is CC(C)(C)S(=O)(=O)CCOc1cccc(C=O)c1. The van der Waals surface area contributed by atoms with Gasteiger partial charge in [0.25, 0.3) is 0 Å². The number of sulfone groups is 1. The molecule has 0 bridgehead atoms. The fraction of sp³-hybridized carbons (Fsp3) is 0.462. The minimum absolute atomic E-state index is 0.0399. The van der Waals surface area contributed by atoms with Crippen LogP contribution >= 0.6 is 0 Å². The van der Waals surface area contributed by atoms with E-state index in [0.717, 1.165) is 6.29 Å². The molecule has 0 aliphatic rings. The van der Waals surface area contributed by atoms with E-state index >= 15 is 0 Å². The van der Waals surface area contributed by atoms with Crippen LogP contribution in [-0.4, -0.2) is 31.8 Å². The van der Waals surface area contributed by atoms with Gasteiger partial charge in [-0.05, 0) is 32.9 Å². The van der Waals surface area contributed by atoms with Crippen LogP contribution in [0.5, 0.6) is 5.75 Å². The molecule has 0 N–H and O–H groups in total. The molecule has 0 aliphatic heterocycles. The predicted molar refractivity (Wildman–Crippen MR) is 70.9 cm³/mol. The number of carbonyl (C=O) groups excluding carboxylic acids is 1. The van der Waals surface area contributed by atoms with Gasteiger partial charge in [-0.3, -0.25) is 4.79 Å². The second kappa shape index (κ2) is 5.52. The lowest BCUT2D eigenvalue weighted by molar-refractivity contribution is 0.112. The molecule has 1 aromatic carbocycles. The summed E-state index contributed by atoms with van der Waals surface area (Å²) < 4.78 is 28.2. The summed E-state index contributed by atoms with van der Waals surface area (Å²) in [6.07, 6.45) is 0.721. The maximum Gasteiger partial charge on any atom is 0.158 e. The highest BCUT2D eigenvalue weighted by Gasteiger charge is 2.28. The Morgan fingerprint density at radius 3 is 2.50 bits per heavy atom. The molecule has 0 spiro atoms. The number of benzene rings is 1. The van der Waals surface area contributed by atoms with Crippen LogP contribution in [0.1, 0.15) is 31.1 Å². The maximum absolute atomic E-state index is 11.8. The zero-order valence-corrected chi connectivity index (χ0v) is 11.7. The quantitative estimate of drug-likeness (QED) is 0.769. The van der Waals surface area contributed by atoms with Gasteiger partial charge >= 0.3 is 0 Å². The van der Waals surface area contributed by atoms with E-state index in [1.54, 1.807) is 45.0 Å². The minimum Gasteiger partial charge on any atom is -0.493 e. The van der Waals surface area contributed by atoms with Gasteiger partial charge < -0.3 is 4.74 Å². The smallest absolute Gasteiger partial charge is 0.158 e. The van der Waals surface area contributed by atoms with Gasteiger partial charge in [0.15, 0.2) is 9.84 Å². The summed E-state index contributed by atoms with van der Waals surface area (Å²) in [7, 11) is -3.18. The number of carbonyl (C=O) groups is 1. The number of hydrogen-bond donors (Lipinski definition) is 0. The molecule has 4 nitrogen and oxygen atoms in total. The van der Waals surface area contributed by atoms with E-state index in [1.807, 2.05) is 0 Å². The number of rotatable bonds is 5. The van der Waals surface area contributed by atoms with Gasteiger partial charge in [0.05, 0.1) is 10.5 Å². The van der Waals surface area contributed by atoms with Crippen molar-refractivity contribution in [3.05, 3.63) is 29.8 Å². The first kappa shape index (κ1) is 14.7. The Bertz CT molecular complexity index is 512. The second-order valence-corrected chi connectivity index (χ2v) is 7.83. The summed E-state index contributed by atoms with van der Waals surface area (Å²) in [5.74, 6) is 0.464. The maximum atomic E-state index is 11.8. The average molecular weight is 270 g/mol. The van der Waals surface area contributed by atoms with E-state index in [1.165, 1.54) is 0 Å². The fourth-order valence-electron chi connectivity index (χ4n) is 1.25. The third-order valence-electron chi connectivity index (χ3n) is 2.55. The van der Waals surface area contributed by atoms with E-state index in [2.05, 4.69) is 0 Å². The molecule has 0 unspecified atom stereocenters. The Labute approximate surface area is 108 Å². The first-order chi connectivity index (χ1) is 8.26. The van der Waals surface area contributed by atoms with Crippen LogP contribution in [0.4, 0.5) is 0 Å². The lowest BCUT2D eigenvalue weighted by atomic mass is 10.2. The zero-order chi connectivity index (χ0) is 13.8. The number of hydrogen-bond acceptors (Lipinski definition) is 4. The summed E-state index contributed by atoms with van der Waals surface area (Å²) >= 11 is 0. The average Bonchev–Trinajstić information content (AvgIpc) is 2.27. The Hall–Kier alpha value is -1.36. The Morgan fingerprint density at radius 1 is 1.28 bits per heavy atom. The molecular weight excluding hydrogens is 252 g/mol. The monoisotopic (exact) mass is 270 g/mol. The number of aldehydes is 1. The van der Waals surface area contributed by atoms with E-state index < -0.39 is 14.6 Å². The van der Waals surface area contributed by atoms with Crippen LogP contribution < -0.4 is 4.74 Å². The van der Waals surface area contributed by atoms with E-state index in [-0.39, 0.29) is 12.4 Å². The molecule has 0 atom stereocenters. The molecule has 0 saturated carbocycles. The van der Waals surface area contributed by atoms with Gasteiger partial charge in [-0.1, -0.05) is 12.1 Å². The Balaban J connectivity index is 2.59. The molecular formula is C13H18O4S. The number of ether oxygens (including phenoxy) is 1. The lowest BCUT2D eigenvalue weighted by Crippen LogP contribution is -2.32. The van der Waals surface area contributed by atoms with Gasteiger partial charge in [-0.2, -0.15) is 0 Å². The Morgan fingerprint density at radius 2 is 1.94 bits per heavy atom. The molecule has 0 fully saturated rings. The van der Waals surface area contributed by atoms with Crippen LogP contribution in [0.3, 0.4) is 0 Å². The molecule has 1 rings (SSSR count). The molecule has 0 radical (unpaired) electrons. The van der Waals surface area contributed by atoms with E-state index in [4.69, 9.17) is 4.74 Å². The highest BCUT2D eigenvalue weighted by Crippen LogP contribution is 2.17. The summed E-state index contributed by atoms with van der Waals surface area (Å²) in [5, 5.41) is 0. The van der Waals surface area contributed by atoms with Crippen molar-refractivity contribution in [2.75, 3.05) is 12.4 Å². The highest BCUT2D eigenvalue weighted by atomic mass is 32.2. The van der Waals surface area contributed by atoms with Crippen molar-refractivity contribution in [2.24, 2.45) is 0 Å². The molecule has 0 aromatic heterocycles. The fourth-order valence-corrected chi connectivity index (χ4v) is 2.17. The molecule has 0 aliphatic carbocycles. The van der Waals surface area contributed by atoms with Crippen molar-refractivity contribution in [1.82, 2.24) is 0 Å². The molecule has 100 valence electrons. The summed E-state index contributed by atoms with van der Waals surface area (Å²) in [4.78, 5) is 10.6. The van der Waals surface area contributed by atoms with Gasteiger partial charge in [0, 0.05) is 5.56 Å². The molecule has 1 aromatic rings. The van der Waals surface area contributed by atoms with Crippen LogP contribution in [0.2, 0.25) is 0 Å². The van der Waals surface area contributed by atoms with Gasteiger partial charge in [0.1, 0.15) is 18.6 Å². The third-order valence-corrected chi connectivity index (χ3v) is 5.12. The van der Waals surface area contributed by atoms with Crippen molar-refractivity contribution in [2.45, 2.75) is 25.5 Å². The standard InChI is InChI=1S/C13H18O4S/c1-13(2,3)18(15,16)8-7-17-12-6-4-5-11(9-12)10-14/h4-6,9-10H,7-8H2,1-3H3. The van der Waals surface area contributed by atoms with Gasteiger partial charge in [0.2, 0.25) is 0 Å². The minimum atomic E-state index is -3.18. The van der Waals surface area contributed by atoms with E-state index in [9.17, 15) is 13.2 Å². The predicted octanol–water partition coefficient (Wildman–Crippen LogP) is 2.09. The normalized spacial score (nSPS) is 12.2. The summed E-state index contributed by atoms with van der Waals surface area (Å²) in [5.41, 5.74) is 0.506. The zero-order valence-electron chi connectivity index (χ0n) is 10.8. The lowest BCUT2D eigenvalue weighted by Gasteiger charge is -2.19. The van der Waals surface area contributed by atoms with Crippen molar-refractivity contribution in [3.8, 4) is 5.75 Å².